The molecule has 0 spiro atoms. The number of nitrogen functional groups attached to an aromatic ring is 1. The van der Waals surface area contributed by atoms with E-state index in [0.717, 1.165) is 5.56 Å². The van der Waals surface area contributed by atoms with Crippen LogP contribution in [0.4, 0.5) is 5.69 Å². The summed E-state index contributed by atoms with van der Waals surface area (Å²) in [4.78, 5) is -0.00847. The third-order valence-electron chi connectivity index (χ3n) is 2.98. The number of hydrogen-bond acceptors (Lipinski definition) is 4. The molecule has 0 aliphatic carbocycles. The molecule has 0 unspecified atom stereocenters. The second-order valence-electron chi connectivity index (χ2n) is 5.30. The van der Waals surface area contributed by atoms with Crippen LogP contribution < -0.4 is 5.73 Å². The van der Waals surface area contributed by atoms with Gasteiger partial charge in [0.2, 0.25) is 10.0 Å². The maximum Gasteiger partial charge on any atom is 0.244 e. The minimum Gasteiger partial charge on any atom is -0.398 e. The lowest BCUT2D eigenvalue weighted by atomic mass is 10.2. The van der Waals surface area contributed by atoms with Gasteiger partial charge < -0.3 is 5.73 Å². The average Bonchev–Trinajstić information content (AvgIpc) is 2.38. The molecule has 1 rings (SSSR count). The van der Waals surface area contributed by atoms with Crippen LogP contribution in [0.5, 0.6) is 0 Å². The van der Waals surface area contributed by atoms with Crippen molar-refractivity contribution in [3.05, 3.63) is 22.7 Å². The second kappa shape index (κ2) is 7.12. The van der Waals surface area contributed by atoms with Gasteiger partial charge in [-0.1, -0.05) is 25.4 Å². The molecule has 1 aromatic carbocycles. The predicted octanol–water partition coefficient (Wildman–Crippen LogP) is 2.79. The summed E-state index contributed by atoms with van der Waals surface area (Å²) in [5, 5.41) is 8.85. The highest BCUT2D eigenvalue weighted by Crippen LogP contribution is 2.29. The van der Waals surface area contributed by atoms with Crippen molar-refractivity contribution in [2.24, 2.45) is 5.92 Å². The van der Waals surface area contributed by atoms with Crippen molar-refractivity contribution < 1.29 is 8.42 Å². The van der Waals surface area contributed by atoms with Crippen LogP contribution >= 0.6 is 11.6 Å². The molecule has 2 N–H and O–H groups in total. The summed E-state index contributed by atoms with van der Waals surface area (Å²) in [7, 11) is -3.77. The lowest BCUT2D eigenvalue weighted by molar-refractivity contribution is 0.373. The summed E-state index contributed by atoms with van der Waals surface area (Å²) < 4.78 is 26.8. The number of benzene rings is 1. The minimum absolute atomic E-state index is 0.00847. The van der Waals surface area contributed by atoms with Gasteiger partial charge in [0.15, 0.2) is 0 Å². The maximum absolute atomic E-state index is 12.7. The highest BCUT2D eigenvalue weighted by molar-refractivity contribution is 7.89. The van der Waals surface area contributed by atoms with Gasteiger partial charge in [0.25, 0.3) is 0 Å². The summed E-state index contributed by atoms with van der Waals surface area (Å²) in [5.41, 5.74) is 6.90. The lowest BCUT2D eigenvalue weighted by Gasteiger charge is -2.24. The number of nitrogens with zero attached hydrogens (tertiary/aromatic N) is 2. The lowest BCUT2D eigenvalue weighted by Crippen LogP contribution is -2.35. The Morgan fingerprint density at radius 1 is 1.43 bits per heavy atom. The molecular formula is C14H20ClN3O2S. The van der Waals surface area contributed by atoms with Gasteiger partial charge >= 0.3 is 0 Å². The Morgan fingerprint density at radius 2 is 2.05 bits per heavy atom. The number of anilines is 1. The molecule has 0 aromatic heterocycles. The van der Waals surface area contributed by atoms with Crippen LogP contribution in [0, 0.1) is 24.2 Å². The zero-order valence-electron chi connectivity index (χ0n) is 12.4. The number of sulfonamides is 1. The molecule has 116 valence electrons. The Morgan fingerprint density at radius 3 is 2.57 bits per heavy atom. The third kappa shape index (κ3) is 4.34. The number of aryl methyl sites for hydroxylation is 1. The fourth-order valence-electron chi connectivity index (χ4n) is 1.90. The van der Waals surface area contributed by atoms with Gasteiger partial charge in [-0.05, 0) is 30.5 Å². The summed E-state index contributed by atoms with van der Waals surface area (Å²) >= 11 is 6.07. The summed E-state index contributed by atoms with van der Waals surface area (Å²) in [5.74, 6) is 0.139. The normalized spacial score (nSPS) is 11.9. The number of nitriles is 1. The molecule has 0 radical (unpaired) electrons. The van der Waals surface area contributed by atoms with Crippen molar-refractivity contribution in [1.29, 1.82) is 5.26 Å². The molecule has 0 aliphatic heterocycles. The second-order valence-corrected chi connectivity index (χ2v) is 7.62. The Hall–Kier alpha value is -1.29. The molecule has 0 aliphatic rings. The molecule has 0 bridgehead atoms. The van der Waals surface area contributed by atoms with E-state index in [4.69, 9.17) is 22.6 Å². The molecule has 21 heavy (non-hydrogen) atoms. The van der Waals surface area contributed by atoms with Gasteiger partial charge in [0, 0.05) is 25.2 Å². The highest BCUT2D eigenvalue weighted by Gasteiger charge is 2.27. The van der Waals surface area contributed by atoms with E-state index < -0.39 is 10.0 Å². The summed E-state index contributed by atoms with van der Waals surface area (Å²) in [6.07, 6.45) is 0.130. The molecule has 0 saturated heterocycles. The quantitative estimate of drug-likeness (QED) is 0.813. The first-order valence-electron chi connectivity index (χ1n) is 6.62. The van der Waals surface area contributed by atoms with Gasteiger partial charge in [-0.15, -0.1) is 0 Å². The van der Waals surface area contributed by atoms with Crippen LogP contribution in [0.3, 0.4) is 0 Å². The van der Waals surface area contributed by atoms with Crippen molar-refractivity contribution in [3.63, 3.8) is 0 Å². The standard InChI is InChI=1S/C14H20ClN3O2S/c1-10(2)9-18(6-4-5-16)21(19,20)14-8-13(17)11(3)7-12(14)15/h7-8,10H,4,6,9,17H2,1-3H3. The van der Waals surface area contributed by atoms with E-state index >= 15 is 0 Å². The first kappa shape index (κ1) is 17.8. The van der Waals surface area contributed by atoms with E-state index in [1.54, 1.807) is 13.0 Å². The van der Waals surface area contributed by atoms with Crippen LogP contribution in [0.2, 0.25) is 5.02 Å². The van der Waals surface area contributed by atoms with Gasteiger partial charge in [-0.2, -0.15) is 9.57 Å². The zero-order chi connectivity index (χ0) is 16.2. The smallest absolute Gasteiger partial charge is 0.244 e. The maximum atomic E-state index is 12.7. The molecule has 1 aromatic rings. The Labute approximate surface area is 131 Å². The van der Waals surface area contributed by atoms with E-state index in [2.05, 4.69) is 0 Å². The molecule has 0 atom stereocenters. The van der Waals surface area contributed by atoms with Gasteiger partial charge in [0.05, 0.1) is 11.1 Å². The fourth-order valence-corrected chi connectivity index (χ4v) is 4.09. The van der Waals surface area contributed by atoms with Gasteiger partial charge in [0.1, 0.15) is 4.90 Å². The molecular weight excluding hydrogens is 310 g/mol. The van der Waals surface area contributed by atoms with E-state index in [1.807, 2.05) is 19.9 Å². The molecule has 0 amide bonds. The van der Waals surface area contributed by atoms with E-state index in [9.17, 15) is 8.42 Å². The fraction of sp³-hybridized carbons (Fsp3) is 0.500. The minimum atomic E-state index is -3.77. The Kier molecular flexibility index (Phi) is 6.02. The average molecular weight is 330 g/mol. The number of hydrogen-bond donors (Lipinski definition) is 1. The van der Waals surface area contributed by atoms with Crippen molar-refractivity contribution in [3.8, 4) is 6.07 Å². The Balaban J connectivity index is 3.28. The van der Waals surface area contributed by atoms with E-state index in [0.29, 0.717) is 12.2 Å². The van der Waals surface area contributed by atoms with Crippen molar-refractivity contribution in [1.82, 2.24) is 4.31 Å². The first-order valence-corrected chi connectivity index (χ1v) is 8.44. The number of rotatable bonds is 6. The molecule has 0 fully saturated rings. The molecule has 0 heterocycles. The molecule has 5 nitrogen and oxygen atoms in total. The zero-order valence-corrected chi connectivity index (χ0v) is 14.0. The molecule has 0 saturated carbocycles. The third-order valence-corrected chi connectivity index (χ3v) is 5.31. The van der Waals surface area contributed by atoms with Crippen LogP contribution in [0.15, 0.2) is 17.0 Å². The van der Waals surface area contributed by atoms with Gasteiger partial charge in [-0.25, -0.2) is 8.42 Å². The van der Waals surface area contributed by atoms with Crippen LogP contribution in [0.1, 0.15) is 25.8 Å². The van der Waals surface area contributed by atoms with Crippen molar-refractivity contribution in [2.45, 2.75) is 32.1 Å². The summed E-state index contributed by atoms with van der Waals surface area (Å²) in [6, 6.07) is 4.89. The Bertz CT molecular complexity index is 651. The topological polar surface area (TPSA) is 87.2 Å². The largest absolute Gasteiger partial charge is 0.398 e. The van der Waals surface area contributed by atoms with Crippen LogP contribution in [0.25, 0.3) is 0 Å². The summed E-state index contributed by atoms with van der Waals surface area (Å²) in [6.45, 7) is 6.06. The van der Waals surface area contributed by atoms with Gasteiger partial charge in [-0.3, -0.25) is 0 Å². The molecule has 7 heteroatoms. The number of halogens is 1. The predicted molar refractivity (Wildman–Crippen MR) is 84.4 cm³/mol. The van der Waals surface area contributed by atoms with E-state index in [-0.39, 0.29) is 28.8 Å². The SMILES string of the molecule is Cc1cc(Cl)c(S(=O)(=O)N(CCC#N)CC(C)C)cc1N. The highest BCUT2D eigenvalue weighted by atomic mass is 35.5. The van der Waals surface area contributed by atoms with E-state index in [1.165, 1.54) is 10.4 Å². The number of nitrogens with two attached hydrogens (primary N) is 1. The monoisotopic (exact) mass is 329 g/mol. The van der Waals surface area contributed by atoms with Crippen molar-refractivity contribution in [2.75, 3.05) is 18.8 Å². The van der Waals surface area contributed by atoms with Crippen molar-refractivity contribution >= 4 is 27.3 Å². The van der Waals surface area contributed by atoms with Crippen LogP contribution in [-0.4, -0.2) is 25.8 Å². The first-order chi connectivity index (χ1) is 9.70. The van der Waals surface area contributed by atoms with Crippen LogP contribution in [-0.2, 0) is 10.0 Å².